The topological polar surface area (TPSA) is 83.7 Å². The third kappa shape index (κ3) is 4.06. The Kier molecular flexibility index (Phi) is 5.29. The lowest BCUT2D eigenvalue weighted by Crippen LogP contribution is -2.19. The van der Waals surface area contributed by atoms with E-state index in [1.54, 1.807) is 24.3 Å². The normalized spacial score (nSPS) is 16.3. The highest BCUT2D eigenvalue weighted by atomic mass is 32.2. The fourth-order valence-corrected chi connectivity index (χ4v) is 3.89. The number of amidine groups is 1. The minimum Gasteiger partial charge on any atom is -0.478 e. The van der Waals surface area contributed by atoms with Crippen molar-refractivity contribution in [3.8, 4) is 5.69 Å². The van der Waals surface area contributed by atoms with Gasteiger partial charge in [-0.25, -0.2) is 9.79 Å². The molecule has 0 bridgehead atoms. The highest BCUT2D eigenvalue weighted by Crippen LogP contribution is 2.29. The number of nitrogens with one attached hydrogen (secondary N) is 1. The molecule has 1 amide bonds. The van der Waals surface area contributed by atoms with Crippen LogP contribution in [0.4, 0.5) is 5.69 Å². The SMILES string of the molecule is Cc1ccc(N=C2NC(=O)/C(=C/c3cccn3-c3cccc(C(=O)O)c3)S2)cc1C. The summed E-state index contributed by atoms with van der Waals surface area (Å²) >= 11 is 1.28. The lowest BCUT2D eigenvalue weighted by atomic mass is 10.1. The summed E-state index contributed by atoms with van der Waals surface area (Å²) in [5, 5.41) is 12.6. The Morgan fingerprint density at radius 3 is 2.70 bits per heavy atom. The number of amides is 1. The van der Waals surface area contributed by atoms with E-state index in [9.17, 15) is 14.7 Å². The van der Waals surface area contributed by atoms with Gasteiger partial charge in [-0.05, 0) is 85.3 Å². The number of nitrogens with zero attached hydrogens (tertiary/aromatic N) is 2. The van der Waals surface area contributed by atoms with Crippen LogP contribution in [0.2, 0.25) is 0 Å². The molecule has 2 N–H and O–H groups in total. The molecule has 150 valence electrons. The first-order chi connectivity index (χ1) is 14.4. The van der Waals surface area contributed by atoms with Crippen molar-refractivity contribution in [2.75, 3.05) is 0 Å². The minimum atomic E-state index is -0.984. The summed E-state index contributed by atoms with van der Waals surface area (Å²) in [6, 6.07) is 16.3. The number of aromatic nitrogens is 1. The molecule has 0 aliphatic carbocycles. The monoisotopic (exact) mass is 417 g/mol. The average molecular weight is 417 g/mol. The second-order valence-electron chi connectivity index (χ2n) is 6.91. The van der Waals surface area contributed by atoms with E-state index in [1.807, 2.05) is 61.0 Å². The third-order valence-corrected chi connectivity index (χ3v) is 5.71. The molecular weight excluding hydrogens is 398 g/mol. The average Bonchev–Trinajstić information content (AvgIpc) is 3.31. The Morgan fingerprint density at radius 2 is 1.93 bits per heavy atom. The number of hydrogen-bond acceptors (Lipinski definition) is 4. The van der Waals surface area contributed by atoms with Gasteiger partial charge in [-0.2, -0.15) is 0 Å². The van der Waals surface area contributed by atoms with Crippen molar-refractivity contribution in [3.63, 3.8) is 0 Å². The molecule has 2 heterocycles. The fourth-order valence-electron chi connectivity index (χ4n) is 3.06. The number of carboxylic acid groups (broad SMARTS) is 1. The van der Waals surface area contributed by atoms with Gasteiger partial charge in [0.25, 0.3) is 5.91 Å². The fraction of sp³-hybridized carbons (Fsp3) is 0.0870. The summed E-state index contributed by atoms with van der Waals surface area (Å²) in [6.07, 6.45) is 3.60. The molecule has 0 unspecified atom stereocenters. The minimum absolute atomic E-state index is 0.204. The second kappa shape index (κ2) is 8.04. The molecule has 6 nitrogen and oxygen atoms in total. The maximum atomic E-state index is 12.4. The van der Waals surface area contributed by atoms with Crippen molar-refractivity contribution in [1.82, 2.24) is 9.88 Å². The van der Waals surface area contributed by atoms with Crippen molar-refractivity contribution in [3.05, 3.63) is 88.1 Å². The van der Waals surface area contributed by atoms with Gasteiger partial charge in [-0.3, -0.25) is 4.79 Å². The van der Waals surface area contributed by atoms with E-state index in [2.05, 4.69) is 10.3 Å². The predicted molar refractivity (Wildman–Crippen MR) is 119 cm³/mol. The molecule has 0 radical (unpaired) electrons. The second-order valence-corrected chi connectivity index (χ2v) is 7.94. The maximum Gasteiger partial charge on any atom is 0.335 e. The van der Waals surface area contributed by atoms with Crippen LogP contribution >= 0.6 is 11.8 Å². The molecule has 1 fully saturated rings. The van der Waals surface area contributed by atoms with Gasteiger partial charge in [-0.15, -0.1) is 0 Å². The van der Waals surface area contributed by atoms with Crippen LogP contribution in [-0.4, -0.2) is 26.7 Å². The number of carbonyl (C=O) groups excluding carboxylic acids is 1. The number of carbonyl (C=O) groups is 2. The lowest BCUT2D eigenvalue weighted by molar-refractivity contribution is -0.115. The van der Waals surface area contributed by atoms with E-state index >= 15 is 0 Å². The highest BCUT2D eigenvalue weighted by molar-refractivity contribution is 8.18. The first-order valence-electron chi connectivity index (χ1n) is 9.28. The summed E-state index contributed by atoms with van der Waals surface area (Å²) in [5.41, 5.74) is 4.80. The lowest BCUT2D eigenvalue weighted by Gasteiger charge is -2.07. The molecule has 1 aromatic heterocycles. The summed E-state index contributed by atoms with van der Waals surface area (Å²) < 4.78 is 1.84. The molecule has 0 spiro atoms. The number of aromatic carboxylic acids is 1. The van der Waals surface area contributed by atoms with Crippen molar-refractivity contribution in [2.45, 2.75) is 13.8 Å². The number of rotatable bonds is 4. The van der Waals surface area contributed by atoms with Crippen molar-refractivity contribution >= 4 is 40.6 Å². The Labute approximate surface area is 178 Å². The van der Waals surface area contributed by atoms with E-state index in [1.165, 1.54) is 17.3 Å². The van der Waals surface area contributed by atoms with E-state index in [0.717, 1.165) is 16.9 Å². The molecule has 2 aromatic carbocycles. The molecule has 0 saturated carbocycles. The van der Waals surface area contributed by atoms with Gasteiger partial charge in [0.15, 0.2) is 5.17 Å². The number of carboxylic acids is 1. The van der Waals surface area contributed by atoms with Gasteiger partial charge in [0.1, 0.15) is 0 Å². The molecular formula is C23H19N3O3S. The number of aryl methyl sites for hydroxylation is 2. The Morgan fingerprint density at radius 1 is 1.10 bits per heavy atom. The van der Waals surface area contributed by atoms with E-state index < -0.39 is 5.97 Å². The van der Waals surface area contributed by atoms with Crippen molar-refractivity contribution < 1.29 is 14.7 Å². The van der Waals surface area contributed by atoms with E-state index in [-0.39, 0.29) is 11.5 Å². The van der Waals surface area contributed by atoms with Crippen molar-refractivity contribution in [1.29, 1.82) is 0 Å². The molecule has 0 atom stereocenters. The smallest absolute Gasteiger partial charge is 0.335 e. The Hall–Kier alpha value is -3.58. The zero-order chi connectivity index (χ0) is 21.3. The summed E-state index contributed by atoms with van der Waals surface area (Å²) in [7, 11) is 0. The Balaban J connectivity index is 1.62. The van der Waals surface area contributed by atoms with Crippen LogP contribution in [0.3, 0.4) is 0 Å². The van der Waals surface area contributed by atoms with Crippen LogP contribution in [0.5, 0.6) is 0 Å². The largest absolute Gasteiger partial charge is 0.478 e. The number of hydrogen-bond donors (Lipinski definition) is 2. The van der Waals surface area contributed by atoms with Crippen molar-refractivity contribution in [2.24, 2.45) is 4.99 Å². The predicted octanol–water partition coefficient (Wildman–Crippen LogP) is 4.68. The van der Waals surface area contributed by atoms with Crippen LogP contribution in [0.25, 0.3) is 11.8 Å². The summed E-state index contributed by atoms with van der Waals surface area (Å²) in [5.74, 6) is -1.20. The van der Waals surface area contributed by atoms with Gasteiger partial charge in [-0.1, -0.05) is 12.1 Å². The van der Waals surface area contributed by atoms with E-state index in [0.29, 0.717) is 15.8 Å². The van der Waals surface area contributed by atoms with Gasteiger partial charge in [0.2, 0.25) is 0 Å². The van der Waals surface area contributed by atoms with Crippen LogP contribution in [0.15, 0.2) is 70.7 Å². The molecule has 3 aromatic rings. The summed E-state index contributed by atoms with van der Waals surface area (Å²) in [6.45, 7) is 4.07. The molecule has 30 heavy (non-hydrogen) atoms. The van der Waals surface area contributed by atoms with Gasteiger partial charge in [0.05, 0.1) is 16.2 Å². The van der Waals surface area contributed by atoms with Crippen LogP contribution < -0.4 is 5.32 Å². The summed E-state index contributed by atoms with van der Waals surface area (Å²) in [4.78, 5) is 28.8. The van der Waals surface area contributed by atoms with Crippen LogP contribution in [0.1, 0.15) is 27.2 Å². The van der Waals surface area contributed by atoms with Crippen LogP contribution in [-0.2, 0) is 4.79 Å². The van der Waals surface area contributed by atoms with E-state index in [4.69, 9.17) is 0 Å². The molecule has 7 heteroatoms. The zero-order valence-corrected chi connectivity index (χ0v) is 17.2. The first-order valence-corrected chi connectivity index (χ1v) is 10.1. The highest BCUT2D eigenvalue weighted by Gasteiger charge is 2.24. The molecule has 1 aliphatic heterocycles. The number of benzene rings is 2. The first kappa shape index (κ1) is 19.7. The van der Waals surface area contributed by atoms with Gasteiger partial charge >= 0.3 is 5.97 Å². The van der Waals surface area contributed by atoms with Crippen LogP contribution in [0, 0.1) is 13.8 Å². The molecule has 4 rings (SSSR count). The quantitative estimate of drug-likeness (QED) is 0.604. The number of thioether (sulfide) groups is 1. The maximum absolute atomic E-state index is 12.4. The van der Waals surface area contributed by atoms with Gasteiger partial charge in [0, 0.05) is 17.6 Å². The zero-order valence-electron chi connectivity index (χ0n) is 16.4. The van der Waals surface area contributed by atoms with Gasteiger partial charge < -0.3 is 15.0 Å². The standard InChI is InChI=1S/C23H19N3O3S/c1-14-8-9-17(11-15(14)2)24-23-25-21(27)20(30-23)13-19-7-4-10-26(19)18-6-3-5-16(12-18)22(28)29/h3-13H,1-2H3,(H,28,29)(H,24,25,27)/b20-13-. The Bertz CT molecular complexity index is 1220. The third-order valence-electron chi connectivity index (χ3n) is 4.80. The number of aliphatic imine (C=N–C) groups is 1. The molecule has 1 aliphatic rings. The molecule has 1 saturated heterocycles.